The summed E-state index contributed by atoms with van der Waals surface area (Å²) in [5.41, 5.74) is 0.473. The van der Waals surface area contributed by atoms with Gasteiger partial charge in [0.15, 0.2) is 0 Å². The minimum atomic E-state index is -3.65. The highest BCUT2D eigenvalue weighted by atomic mass is 32.2. The molecule has 9 heteroatoms. The van der Waals surface area contributed by atoms with Crippen LogP contribution in [0.25, 0.3) is 0 Å². The zero-order valence-electron chi connectivity index (χ0n) is 13.8. The number of ether oxygens (including phenoxy) is 1. The Morgan fingerprint density at radius 2 is 2.00 bits per heavy atom. The Balaban J connectivity index is 1.81. The lowest BCUT2D eigenvalue weighted by Gasteiger charge is -2.25. The first kappa shape index (κ1) is 17.8. The molecule has 2 aromatic heterocycles. The number of carbonyl (C=O) groups excluding carboxylic acids is 1. The summed E-state index contributed by atoms with van der Waals surface area (Å²) in [6.07, 6.45) is 4.20. The van der Waals surface area contributed by atoms with Gasteiger partial charge in [0.1, 0.15) is 9.77 Å². The van der Waals surface area contributed by atoms with Gasteiger partial charge in [0.25, 0.3) is 5.91 Å². The smallest absolute Gasteiger partial charge is 0.267 e. The van der Waals surface area contributed by atoms with Crippen LogP contribution in [0.4, 0.5) is 5.69 Å². The molecule has 0 atom stereocenters. The van der Waals surface area contributed by atoms with E-state index in [0.29, 0.717) is 24.7 Å². The summed E-state index contributed by atoms with van der Waals surface area (Å²) in [4.78, 5) is 16.8. The number of nitrogens with one attached hydrogen (secondary N) is 1. The molecule has 0 bridgehead atoms. The van der Waals surface area contributed by atoms with Gasteiger partial charge in [0, 0.05) is 19.2 Å². The summed E-state index contributed by atoms with van der Waals surface area (Å²) in [6, 6.07) is 4.77. The number of anilines is 1. The Morgan fingerprint density at radius 3 is 2.64 bits per heavy atom. The molecule has 0 spiro atoms. The van der Waals surface area contributed by atoms with Crippen molar-refractivity contribution in [3.8, 4) is 5.88 Å². The van der Waals surface area contributed by atoms with Crippen LogP contribution in [0, 0.1) is 0 Å². The SMILES string of the molecule is COc1ccc(NC(=O)c2sccc2S(=O)(=O)N2CCCCC2)cn1. The number of thiophene rings is 1. The van der Waals surface area contributed by atoms with Crippen LogP contribution in [0.3, 0.4) is 0 Å². The number of hydrogen-bond donors (Lipinski definition) is 1. The molecule has 1 amide bonds. The first-order valence-electron chi connectivity index (χ1n) is 7.91. The minimum Gasteiger partial charge on any atom is -0.481 e. The van der Waals surface area contributed by atoms with Crippen LogP contribution in [0.15, 0.2) is 34.7 Å². The number of rotatable bonds is 5. The second-order valence-electron chi connectivity index (χ2n) is 5.62. The highest BCUT2D eigenvalue weighted by Gasteiger charge is 2.31. The van der Waals surface area contributed by atoms with Crippen LogP contribution in [0.2, 0.25) is 0 Å². The van der Waals surface area contributed by atoms with Crippen LogP contribution in [-0.4, -0.2) is 43.8 Å². The Bertz CT molecular complexity index is 841. The summed E-state index contributed by atoms with van der Waals surface area (Å²) >= 11 is 1.11. The van der Waals surface area contributed by atoms with Crippen molar-refractivity contribution < 1.29 is 17.9 Å². The lowest BCUT2D eigenvalue weighted by Crippen LogP contribution is -2.36. The fourth-order valence-corrected chi connectivity index (χ4v) is 5.49. The van der Waals surface area contributed by atoms with E-state index in [1.807, 2.05) is 0 Å². The third kappa shape index (κ3) is 3.83. The first-order chi connectivity index (χ1) is 12.0. The van der Waals surface area contributed by atoms with Crippen LogP contribution in [0.5, 0.6) is 5.88 Å². The second-order valence-corrected chi connectivity index (χ2v) is 8.44. The molecule has 1 saturated heterocycles. The normalized spacial score (nSPS) is 15.7. The molecule has 1 aliphatic rings. The molecule has 0 aromatic carbocycles. The molecule has 25 heavy (non-hydrogen) atoms. The summed E-state index contributed by atoms with van der Waals surface area (Å²) < 4.78 is 32.1. The molecule has 1 aliphatic heterocycles. The average molecular weight is 381 g/mol. The van der Waals surface area contributed by atoms with E-state index < -0.39 is 15.9 Å². The van der Waals surface area contributed by atoms with Gasteiger partial charge < -0.3 is 10.1 Å². The maximum Gasteiger partial charge on any atom is 0.267 e. The molecule has 0 radical (unpaired) electrons. The lowest BCUT2D eigenvalue weighted by molar-refractivity contribution is 0.102. The van der Waals surface area contributed by atoms with Gasteiger partial charge in [-0.25, -0.2) is 13.4 Å². The largest absolute Gasteiger partial charge is 0.481 e. The molecule has 0 saturated carbocycles. The van der Waals surface area contributed by atoms with Gasteiger partial charge in [-0.3, -0.25) is 4.79 Å². The molecule has 2 aromatic rings. The number of aromatic nitrogens is 1. The van der Waals surface area contributed by atoms with Crippen molar-refractivity contribution in [1.29, 1.82) is 0 Å². The minimum absolute atomic E-state index is 0.0679. The van der Waals surface area contributed by atoms with E-state index in [1.54, 1.807) is 17.5 Å². The zero-order valence-corrected chi connectivity index (χ0v) is 15.4. The predicted molar refractivity (Wildman–Crippen MR) is 95.7 cm³/mol. The molecule has 1 N–H and O–H groups in total. The third-order valence-corrected chi connectivity index (χ3v) is 6.95. The Morgan fingerprint density at radius 1 is 1.24 bits per heavy atom. The number of nitrogens with zero attached hydrogens (tertiary/aromatic N) is 2. The van der Waals surface area contributed by atoms with Gasteiger partial charge >= 0.3 is 0 Å². The summed E-state index contributed by atoms with van der Waals surface area (Å²) in [6.45, 7) is 1.00. The van der Waals surface area contributed by atoms with Crippen molar-refractivity contribution in [3.05, 3.63) is 34.7 Å². The fourth-order valence-electron chi connectivity index (χ4n) is 2.67. The summed E-state index contributed by atoms with van der Waals surface area (Å²) in [7, 11) is -2.15. The maximum absolute atomic E-state index is 12.8. The number of hydrogen-bond acceptors (Lipinski definition) is 6. The van der Waals surface area contributed by atoms with Crippen LogP contribution in [-0.2, 0) is 10.0 Å². The summed E-state index contributed by atoms with van der Waals surface area (Å²) in [5.74, 6) is -0.0277. The van der Waals surface area contributed by atoms with E-state index in [1.165, 1.54) is 23.7 Å². The molecule has 3 rings (SSSR count). The number of piperidine rings is 1. The molecule has 0 unspecified atom stereocenters. The quantitative estimate of drug-likeness (QED) is 0.860. The highest BCUT2D eigenvalue weighted by Crippen LogP contribution is 2.28. The molecule has 7 nitrogen and oxygen atoms in total. The number of amides is 1. The molecule has 134 valence electrons. The lowest BCUT2D eigenvalue weighted by atomic mass is 10.2. The number of methoxy groups -OCH3 is 1. The van der Waals surface area contributed by atoms with Crippen LogP contribution >= 0.6 is 11.3 Å². The molecule has 0 aliphatic carbocycles. The van der Waals surface area contributed by atoms with Gasteiger partial charge in [-0.1, -0.05) is 6.42 Å². The Labute approximate surface area is 150 Å². The van der Waals surface area contributed by atoms with E-state index in [4.69, 9.17) is 4.74 Å². The van der Waals surface area contributed by atoms with E-state index in [-0.39, 0.29) is 9.77 Å². The van der Waals surface area contributed by atoms with Crippen molar-refractivity contribution in [2.75, 3.05) is 25.5 Å². The van der Waals surface area contributed by atoms with E-state index in [0.717, 1.165) is 30.6 Å². The second kappa shape index (κ2) is 7.51. The first-order valence-corrected chi connectivity index (χ1v) is 10.2. The Hall–Kier alpha value is -1.97. The van der Waals surface area contributed by atoms with E-state index in [2.05, 4.69) is 10.3 Å². The summed E-state index contributed by atoms with van der Waals surface area (Å²) in [5, 5.41) is 4.30. The maximum atomic E-state index is 12.8. The number of pyridine rings is 1. The van der Waals surface area contributed by atoms with Crippen molar-refractivity contribution in [2.24, 2.45) is 0 Å². The predicted octanol–water partition coefficient (Wildman–Crippen LogP) is 2.58. The third-order valence-electron chi connectivity index (χ3n) is 3.97. The molecular formula is C16H19N3O4S2. The molecule has 1 fully saturated rings. The van der Waals surface area contributed by atoms with Gasteiger partial charge in [-0.2, -0.15) is 4.31 Å². The number of sulfonamides is 1. The zero-order chi connectivity index (χ0) is 17.9. The van der Waals surface area contributed by atoms with Crippen molar-refractivity contribution in [3.63, 3.8) is 0 Å². The molecule has 3 heterocycles. The topological polar surface area (TPSA) is 88.6 Å². The van der Waals surface area contributed by atoms with Gasteiger partial charge in [-0.05, 0) is 30.4 Å². The van der Waals surface area contributed by atoms with Crippen molar-refractivity contribution in [1.82, 2.24) is 9.29 Å². The Kier molecular flexibility index (Phi) is 5.36. The van der Waals surface area contributed by atoms with E-state index in [9.17, 15) is 13.2 Å². The monoisotopic (exact) mass is 381 g/mol. The van der Waals surface area contributed by atoms with Gasteiger partial charge in [-0.15, -0.1) is 11.3 Å². The average Bonchev–Trinajstić information content (AvgIpc) is 3.14. The number of carbonyl (C=O) groups is 1. The van der Waals surface area contributed by atoms with Crippen molar-refractivity contribution in [2.45, 2.75) is 24.2 Å². The van der Waals surface area contributed by atoms with Crippen LogP contribution < -0.4 is 10.1 Å². The fraction of sp³-hybridized carbons (Fsp3) is 0.375. The van der Waals surface area contributed by atoms with Gasteiger partial charge in [0.05, 0.1) is 19.0 Å². The highest BCUT2D eigenvalue weighted by molar-refractivity contribution is 7.89. The molecular weight excluding hydrogens is 362 g/mol. The van der Waals surface area contributed by atoms with Crippen LogP contribution in [0.1, 0.15) is 28.9 Å². The van der Waals surface area contributed by atoms with E-state index >= 15 is 0 Å². The van der Waals surface area contributed by atoms with Gasteiger partial charge in [0.2, 0.25) is 15.9 Å². The standard InChI is InChI=1S/C16H19N3O4S2/c1-23-14-6-5-12(11-17-14)18-16(20)15-13(7-10-24-15)25(21,22)19-8-3-2-4-9-19/h5-7,10-11H,2-4,8-9H2,1H3,(H,18,20). The van der Waals surface area contributed by atoms with Crippen molar-refractivity contribution >= 4 is 33.0 Å².